The number of nitrogens with one attached hydrogen (secondary N) is 1. The summed E-state index contributed by atoms with van der Waals surface area (Å²) in [6.07, 6.45) is 7.66. The largest absolute Gasteiger partial charge is 0.303 e. The van der Waals surface area contributed by atoms with Gasteiger partial charge in [-0.3, -0.25) is 0 Å². The smallest absolute Gasteiger partial charge is 0.0578 e. The van der Waals surface area contributed by atoms with E-state index in [1.165, 1.54) is 25.7 Å². The minimum Gasteiger partial charge on any atom is -0.303 e. The van der Waals surface area contributed by atoms with Crippen LogP contribution in [0.15, 0.2) is 0 Å². The Labute approximate surface area is 86.1 Å². The molecule has 1 fully saturated rings. The van der Waals surface area contributed by atoms with E-state index in [0.717, 1.165) is 11.8 Å². The van der Waals surface area contributed by atoms with Crippen LogP contribution in [0.4, 0.5) is 0 Å². The quantitative estimate of drug-likeness (QED) is 0.697. The van der Waals surface area contributed by atoms with Gasteiger partial charge in [0.2, 0.25) is 0 Å². The molecule has 1 nitrogen and oxygen atoms in total. The van der Waals surface area contributed by atoms with Crippen LogP contribution in [0.3, 0.4) is 0 Å². The molecule has 1 aliphatic rings. The summed E-state index contributed by atoms with van der Waals surface area (Å²) in [5, 5.41) is 4.38. The van der Waals surface area contributed by atoms with Gasteiger partial charge in [0, 0.05) is 11.3 Å². The van der Waals surface area contributed by atoms with E-state index in [4.69, 9.17) is 0 Å². The van der Waals surface area contributed by atoms with E-state index in [0.29, 0.717) is 6.04 Å². The van der Waals surface area contributed by atoms with Crippen molar-refractivity contribution in [2.45, 2.75) is 43.9 Å². The molecule has 74 valence electrons. The summed E-state index contributed by atoms with van der Waals surface area (Å²) in [4.78, 5) is 0. The van der Waals surface area contributed by atoms with Gasteiger partial charge in [-0.1, -0.05) is 12.3 Å². The molecule has 1 N–H and O–H groups in total. The highest BCUT2D eigenvalue weighted by molar-refractivity contribution is 7.99. The van der Waals surface area contributed by atoms with Gasteiger partial charge < -0.3 is 5.32 Å². The lowest BCUT2D eigenvalue weighted by Crippen LogP contribution is -2.35. The fourth-order valence-electron chi connectivity index (χ4n) is 1.83. The maximum Gasteiger partial charge on any atom is 0.0578 e. The monoisotopic (exact) mass is 197 g/mol. The molecule has 13 heavy (non-hydrogen) atoms. The second-order valence-corrected chi connectivity index (χ2v) is 4.67. The lowest BCUT2D eigenvalue weighted by atomic mass is 9.95. The van der Waals surface area contributed by atoms with E-state index in [9.17, 15) is 0 Å². The standard InChI is InChI=1S/C11H19NS/c1-3-4-8-12-10-6-5-7-11(9-10)13-2/h10-12H,5-9H2,1-2H3. The first-order valence-electron chi connectivity index (χ1n) is 5.02. The third-order valence-electron chi connectivity index (χ3n) is 2.62. The minimum atomic E-state index is 0.715. The Morgan fingerprint density at radius 1 is 1.46 bits per heavy atom. The van der Waals surface area contributed by atoms with Gasteiger partial charge >= 0.3 is 0 Å². The van der Waals surface area contributed by atoms with Crippen molar-refractivity contribution in [2.24, 2.45) is 0 Å². The molecule has 0 aromatic heterocycles. The average Bonchev–Trinajstić information content (AvgIpc) is 2.19. The first-order valence-corrected chi connectivity index (χ1v) is 6.31. The van der Waals surface area contributed by atoms with E-state index in [1.54, 1.807) is 0 Å². The number of rotatable bonds is 3. The van der Waals surface area contributed by atoms with Crippen LogP contribution < -0.4 is 5.32 Å². The molecule has 2 atom stereocenters. The van der Waals surface area contributed by atoms with Crippen LogP contribution in [0.25, 0.3) is 0 Å². The van der Waals surface area contributed by atoms with Crippen molar-refractivity contribution < 1.29 is 0 Å². The summed E-state index contributed by atoms with van der Waals surface area (Å²) in [6.45, 7) is 2.76. The topological polar surface area (TPSA) is 12.0 Å². The summed E-state index contributed by atoms with van der Waals surface area (Å²) in [7, 11) is 0. The van der Waals surface area contributed by atoms with Gasteiger partial charge in [-0.15, -0.1) is 5.92 Å². The highest BCUT2D eigenvalue weighted by Gasteiger charge is 2.19. The third kappa shape index (κ3) is 4.06. The second kappa shape index (κ2) is 6.34. The summed E-state index contributed by atoms with van der Waals surface area (Å²) < 4.78 is 0. The van der Waals surface area contributed by atoms with Crippen LogP contribution >= 0.6 is 11.8 Å². The molecule has 0 heterocycles. The Morgan fingerprint density at radius 3 is 3.00 bits per heavy atom. The Hall–Kier alpha value is -0.130. The van der Waals surface area contributed by atoms with Crippen LogP contribution in [0.2, 0.25) is 0 Å². The molecule has 0 saturated heterocycles. The minimum absolute atomic E-state index is 0.715. The van der Waals surface area contributed by atoms with E-state index < -0.39 is 0 Å². The van der Waals surface area contributed by atoms with E-state index in [2.05, 4.69) is 23.4 Å². The maximum absolute atomic E-state index is 3.50. The number of thioether (sulfide) groups is 1. The molecule has 0 aromatic rings. The van der Waals surface area contributed by atoms with Gasteiger partial charge in [0.25, 0.3) is 0 Å². The van der Waals surface area contributed by atoms with E-state index in [1.807, 2.05) is 18.7 Å². The molecule has 0 aromatic carbocycles. The maximum atomic E-state index is 3.50. The Kier molecular flexibility index (Phi) is 5.34. The van der Waals surface area contributed by atoms with Crippen LogP contribution in [-0.4, -0.2) is 24.1 Å². The fourth-order valence-corrected chi connectivity index (χ4v) is 2.66. The highest BCUT2D eigenvalue weighted by Crippen LogP contribution is 2.26. The summed E-state index contributed by atoms with van der Waals surface area (Å²) >= 11 is 2.01. The van der Waals surface area contributed by atoms with Crippen LogP contribution in [0, 0.1) is 11.8 Å². The Balaban J connectivity index is 2.20. The van der Waals surface area contributed by atoms with Crippen molar-refractivity contribution >= 4 is 11.8 Å². The molecule has 1 saturated carbocycles. The first kappa shape index (κ1) is 10.9. The zero-order chi connectivity index (χ0) is 9.52. The summed E-state index contributed by atoms with van der Waals surface area (Å²) in [5.41, 5.74) is 0. The van der Waals surface area contributed by atoms with Gasteiger partial charge in [-0.2, -0.15) is 11.8 Å². The van der Waals surface area contributed by atoms with Gasteiger partial charge in [0.15, 0.2) is 0 Å². The van der Waals surface area contributed by atoms with Crippen molar-refractivity contribution in [3.05, 3.63) is 0 Å². The lowest BCUT2D eigenvalue weighted by Gasteiger charge is -2.28. The van der Waals surface area contributed by atoms with Crippen molar-refractivity contribution in [3.63, 3.8) is 0 Å². The molecular weight excluding hydrogens is 178 g/mol. The summed E-state index contributed by atoms with van der Waals surface area (Å²) in [6, 6.07) is 0.715. The van der Waals surface area contributed by atoms with Crippen molar-refractivity contribution in [2.75, 3.05) is 12.8 Å². The number of hydrogen-bond acceptors (Lipinski definition) is 2. The molecule has 1 rings (SSSR count). The molecule has 2 heteroatoms. The third-order valence-corrected chi connectivity index (χ3v) is 3.71. The van der Waals surface area contributed by atoms with E-state index in [-0.39, 0.29) is 0 Å². The average molecular weight is 197 g/mol. The molecule has 0 spiro atoms. The molecule has 0 radical (unpaired) electrons. The van der Waals surface area contributed by atoms with Gasteiger partial charge in [-0.25, -0.2) is 0 Å². The number of hydrogen-bond donors (Lipinski definition) is 1. The van der Waals surface area contributed by atoms with Crippen molar-refractivity contribution in [1.82, 2.24) is 5.32 Å². The first-order chi connectivity index (χ1) is 6.36. The second-order valence-electron chi connectivity index (χ2n) is 3.53. The van der Waals surface area contributed by atoms with Crippen molar-refractivity contribution in [1.29, 1.82) is 0 Å². The highest BCUT2D eigenvalue weighted by atomic mass is 32.2. The van der Waals surface area contributed by atoms with Crippen molar-refractivity contribution in [3.8, 4) is 11.8 Å². The summed E-state index contributed by atoms with van der Waals surface area (Å²) in [5.74, 6) is 5.98. The molecule has 0 aliphatic heterocycles. The SMILES string of the molecule is CC#CCNC1CCCC(SC)C1. The molecular formula is C11H19NS. The predicted molar refractivity (Wildman–Crippen MR) is 61.0 cm³/mol. The zero-order valence-electron chi connectivity index (χ0n) is 8.60. The molecule has 1 aliphatic carbocycles. The van der Waals surface area contributed by atoms with Crippen LogP contribution in [0.1, 0.15) is 32.6 Å². The Morgan fingerprint density at radius 2 is 2.31 bits per heavy atom. The Bertz CT molecular complexity index is 192. The lowest BCUT2D eigenvalue weighted by molar-refractivity contribution is 0.394. The molecule has 0 amide bonds. The van der Waals surface area contributed by atoms with E-state index >= 15 is 0 Å². The van der Waals surface area contributed by atoms with Gasteiger partial charge in [0.1, 0.15) is 0 Å². The fraction of sp³-hybridized carbons (Fsp3) is 0.818. The van der Waals surface area contributed by atoms with Crippen LogP contribution in [-0.2, 0) is 0 Å². The van der Waals surface area contributed by atoms with Gasteiger partial charge in [-0.05, 0) is 32.4 Å². The normalized spacial score (nSPS) is 27.8. The molecule has 2 unspecified atom stereocenters. The molecule has 0 bridgehead atoms. The predicted octanol–water partition coefficient (Wildman–Crippen LogP) is 2.27. The van der Waals surface area contributed by atoms with Crippen LogP contribution in [0.5, 0.6) is 0 Å². The van der Waals surface area contributed by atoms with Gasteiger partial charge in [0.05, 0.1) is 6.54 Å². The zero-order valence-corrected chi connectivity index (χ0v) is 9.41.